The second kappa shape index (κ2) is 8.10. The van der Waals surface area contributed by atoms with Crippen molar-refractivity contribution >= 4 is 29.1 Å². The highest BCUT2D eigenvalue weighted by Gasteiger charge is 2.38. The molecule has 144 valence electrons. The van der Waals surface area contributed by atoms with Gasteiger partial charge in [-0.05, 0) is 37.0 Å². The minimum absolute atomic E-state index is 0.130. The van der Waals surface area contributed by atoms with Gasteiger partial charge in [0.25, 0.3) is 0 Å². The van der Waals surface area contributed by atoms with E-state index in [1.807, 2.05) is 19.1 Å². The lowest BCUT2D eigenvalue weighted by molar-refractivity contribution is -0.127. The number of nitrogens with two attached hydrogens (primary N) is 2. The Kier molecular flexibility index (Phi) is 5.82. The van der Waals surface area contributed by atoms with Crippen molar-refractivity contribution in [3.05, 3.63) is 46.7 Å². The van der Waals surface area contributed by atoms with Gasteiger partial charge in [0.05, 0.1) is 5.54 Å². The highest BCUT2D eigenvalue weighted by Crippen LogP contribution is 2.28. The van der Waals surface area contributed by atoms with Gasteiger partial charge in [0.15, 0.2) is 0 Å². The lowest BCUT2D eigenvalue weighted by Crippen LogP contribution is -2.59. The summed E-state index contributed by atoms with van der Waals surface area (Å²) in [4.78, 5) is 23.2. The van der Waals surface area contributed by atoms with Crippen molar-refractivity contribution in [2.45, 2.75) is 38.3 Å². The molecule has 0 spiro atoms. The van der Waals surface area contributed by atoms with Crippen LogP contribution >= 0.6 is 11.6 Å². The molecule has 1 saturated heterocycles. The third kappa shape index (κ3) is 4.31. The van der Waals surface area contributed by atoms with Crippen molar-refractivity contribution in [2.24, 2.45) is 5.73 Å². The zero-order valence-corrected chi connectivity index (χ0v) is 16.2. The maximum atomic E-state index is 12.7. The van der Waals surface area contributed by atoms with Crippen LogP contribution in [0.4, 0.5) is 11.6 Å². The van der Waals surface area contributed by atoms with Gasteiger partial charge in [-0.2, -0.15) is 0 Å². The van der Waals surface area contributed by atoms with Crippen molar-refractivity contribution in [3.8, 4) is 0 Å². The first-order valence-electron chi connectivity index (χ1n) is 9.09. The van der Waals surface area contributed by atoms with E-state index >= 15 is 0 Å². The van der Waals surface area contributed by atoms with E-state index in [2.05, 4.69) is 20.2 Å². The average molecular weight is 389 g/mol. The number of benzene rings is 1. The minimum atomic E-state index is -0.881. The molecule has 3 rings (SSSR count). The summed E-state index contributed by atoms with van der Waals surface area (Å²) in [5, 5.41) is 3.61. The molecule has 5 N–H and O–H groups in total. The Morgan fingerprint density at radius 3 is 2.56 bits per heavy atom. The number of rotatable bonds is 5. The number of nitrogen functional groups attached to an aromatic ring is 1. The predicted octanol–water partition coefficient (Wildman–Crippen LogP) is 1.89. The number of hydrogen-bond acceptors (Lipinski definition) is 6. The molecule has 1 aromatic heterocycles. The van der Waals surface area contributed by atoms with Gasteiger partial charge in [0.2, 0.25) is 5.91 Å². The molecule has 8 heteroatoms. The van der Waals surface area contributed by atoms with Gasteiger partial charge in [0, 0.05) is 30.2 Å². The lowest BCUT2D eigenvalue weighted by atomic mass is 9.87. The van der Waals surface area contributed by atoms with Crippen LogP contribution in [0.3, 0.4) is 0 Å². The number of amides is 1. The van der Waals surface area contributed by atoms with Crippen molar-refractivity contribution in [3.63, 3.8) is 0 Å². The Balaban J connectivity index is 1.60. The van der Waals surface area contributed by atoms with E-state index in [0.717, 1.165) is 23.4 Å². The van der Waals surface area contributed by atoms with Crippen LogP contribution in [0.2, 0.25) is 5.02 Å². The first-order chi connectivity index (χ1) is 12.9. The number of nitrogens with one attached hydrogen (secondary N) is 1. The molecule has 1 aliphatic rings. The molecule has 2 heterocycles. The van der Waals surface area contributed by atoms with E-state index in [9.17, 15) is 4.79 Å². The molecule has 1 aromatic carbocycles. The fraction of sp³-hybridized carbons (Fsp3) is 0.421. The number of carbonyl (C=O) groups excluding carboxylic acids is 1. The van der Waals surface area contributed by atoms with Crippen molar-refractivity contribution < 1.29 is 4.79 Å². The number of nitrogens with zero attached hydrogens (tertiary/aromatic N) is 3. The van der Waals surface area contributed by atoms with Gasteiger partial charge in [-0.3, -0.25) is 4.79 Å². The van der Waals surface area contributed by atoms with Crippen LogP contribution in [0, 0.1) is 0 Å². The number of hydrogen-bond donors (Lipinski definition) is 3. The summed E-state index contributed by atoms with van der Waals surface area (Å²) in [6.07, 6.45) is 3.33. The molecular weight excluding hydrogens is 364 g/mol. The zero-order valence-electron chi connectivity index (χ0n) is 15.4. The Bertz CT molecular complexity index is 802. The Hall–Kier alpha value is -2.38. The maximum absolute atomic E-state index is 12.7. The summed E-state index contributed by atoms with van der Waals surface area (Å²) in [6.45, 7) is 3.75. The van der Waals surface area contributed by atoms with Crippen molar-refractivity contribution in [2.75, 3.05) is 23.7 Å². The highest BCUT2D eigenvalue weighted by molar-refractivity contribution is 6.30. The van der Waals surface area contributed by atoms with Crippen LogP contribution in [-0.4, -0.2) is 34.5 Å². The molecular formula is C19H25ClN6O. The molecule has 2 aromatic rings. The number of aromatic nitrogens is 2. The zero-order chi connectivity index (χ0) is 19.4. The topological polar surface area (TPSA) is 110 Å². The van der Waals surface area contributed by atoms with Crippen LogP contribution < -0.4 is 21.7 Å². The standard InChI is InChI=1S/C19H25ClN6O/c1-2-15-16(21)24-12-25-17(15)26-9-7-19(22,8-10-26)18(27)23-11-13-3-5-14(20)6-4-13/h3-6,12H,2,7-11,22H2,1H3,(H,23,27)(H2,21,24,25). The van der Waals surface area contributed by atoms with Gasteiger partial charge >= 0.3 is 0 Å². The molecule has 0 unspecified atom stereocenters. The lowest BCUT2D eigenvalue weighted by Gasteiger charge is -2.39. The molecule has 1 amide bonds. The summed E-state index contributed by atoms with van der Waals surface area (Å²) in [5.74, 6) is 1.22. The Labute approximate surface area is 164 Å². The highest BCUT2D eigenvalue weighted by atomic mass is 35.5. The molecule has 1 fully saturated rings. The van der Waals surface area contributed by atoms with Crippen LogP contribution in [0.25, 0.3) is 0 Å². The van der Waals surface area contributed by atoms with Crippen LogP contribution in [0.5, 0.6) is 0 Å². The maximum Gasteiger partial charge on any atom is 0.240 e. The quantitative estimate of drug-likeness (QED) is 0.721. The van der Waals surface area contributed by atoms with E-state index in [-0.39, 0.29) is 5.91 Å². The average Bonchev–Trinajstić information content (AvgIpc) is 2.67. The first-order valence-corrected chi connectivity index (χ1v) is 9.46. The molecule has 27 heavy (non-hydrogen) atoms. The molecule has 1 aliphatic heterocycles. The number of halogens is 1. The summed E-state index contributed by atoms with van der Waals surface area (Å²) < 4.78 is 0. The largest absolute Gasteiger partial charge is 0.383 e. The van der Waals surface area contributed by atoms with E-state index in [1.54, 1.807) is 12.1 Å². The fourth-order valence-corrected chi connectivity index (χ4v) is 3.46. The monoisotopic (exact) mass is 388 g/mol. The second-order valence-corrected chi connectivity index (χ2v) is 7.30. The van der Waals surface area contributed by atoms with Gasteiger partial charge in [-0.1, -0.05) is 30.7 Å². The third-order valence-electron chi connectivity index (χ3n) is 5.08. The molecule has 0 bridgehead atoms. The normalized spacial score (nSPS) is 16.2. The number of anilines is 2. The van der Waals surface area contributed by atoms with E-state index in [0.29, 0.717) is 43.3 Å². The molecule has 0 atom stereocenters. The van der Waals surface area contributed by atoms with E-state index < -0.39 is 5.54 Å². The fourth-order valence-electron chi connectivity index (χ4n) is 3.33. The van der Waals surface area contributed by atoms with Crippen LogP contribution in [0.15, 0.2) is 30.6 Å². The van der Waals surface area contributed by atoms with Gasteiger partial charge in [-0.25, -0.2) is 9.97 Å². The molecule has 0 radical (unpaired) electrons. The van der Waals surface area contributed by atoms with Crippen molar-refractivity contribution in [1.82, 2.24) is 15.3 Å². The molecule has 0 saturated carbocycles. The van der Waals surface area contributed by atoms with E-state index in [4.69, 9.17) is 23.1 Å². The Morgan fingerprint density at radius 1 is 1.26 bits per heavy atom. The minimum Gasteiger partial charge on any atom is -0.383 e. The smallest absolute Gasteiger partial charge is 0.240 e. The number of carbonyl (C=O) groups is 1. The summed E-state index contributed by atoms with van der Waals surface area (Å²) >= 11 is 5.88. The third-order valence-corrected chi connectivity index (χ3v) is 5.34. The predicted molar refractivity (Wildman–Crippen MR) is 107 cm³/mol. The van der Waals surface area contributed by atoms with Gasteiger partial charge in [0.1, 0.15) is 18.0 Å². The van der Waals surface area contributed by atoms with Crippen LogP contribution in [0.1, 0.15) is 30.9 Å². The molecule has 7 nitrogen and oxygen atoms in total. The Morgan fingerprint density at radius 2 is 1.93 bits per heavy atom. The summed E-state index contributed by atoms with van der Waals surface area (Å²) in [7, 11) is 0. The molecule has 0 aliphatic carbocycles. The second-order valence-electron chi connectivity index (χ2n) is 6.87. The summed E-state index contributed by atoms with van der Waals surface area (Å²) in [6, 6.07) is 7.39. The van der Waals surface area contributed by atoms with E-state index in [1.165, 1.54) is 6.33 Å². The SMILES string of the molecule is CCc1c(N)ncnc1N1CCC(N)(C(=O)NCc2ccc(Cl)cc2)CC1. The van der Waals surface area contributed by atoms with Gasteiger partial charge in [-0.15, -0.1) is 0 Å². The van der Waals surface area contributed by atoms with Gasteiger partial charge < -0.3 is 21.7 Å². The summed E-state index contributed by atoms with van der Waals surface area (Å²) in [5.41, 5.74) is 13.4. The first kappa shape index (κ1) is 19.4. The van der Waals surface area contributed by atoms with Crippen molar-refractivity contribution in [1.29, 1.82) is 0 Å². The number of piperidine rings is 1. The van der Waals surface area contributed by atoms with Crippen LogP contribution in [-0.2, 0) is 17.8 Å².